The van der Waals surface area contributed by atoms with Crippen molar-refractivity contribution >= 4 is 21.6 Å². The molecule has 0 spiro atoms. The molecule has 0 saturated carbocycles. The van der Waals surface area contributed by atoms with Crippen molar-refractivity contribution in [3.63, 3.8) is 0 Å². The number of hydrogen-bond acceptors (Lipinski definition) is 3. The van der Waals surface area contributed by atoms with Crippen LogP contribution in [0.1, 0.15) is 6.92 Å². The van der Waals surface area contributed by atoms with Gasteiger partial charge in [0, 0.05) is 25.7 Å². The quantitative estimate of drug-likeness (QED) is 0.898. The molecule has 1 heterocycles. The predicted molar refractivity (Wildman–Crippen MR) is 67.6 cm³/mol. The maximum Gasteiger partial charge on any atom is 0.244 e. The van der Waals surface area contributed by atoms with Gasteiger partial charge < -0.3 is 5.32 Å². The maximum absolute atomic E-state index is 13.2. The van der Waals surface area contributed by atoms with E-state index in [1.54, 1.807) is 6.92 Å². The van der Waals surface area contributed by atoms with Crippen molar-refractivity contribution in [3.05, 3.63) is 29.0 Å². The van der Waals surface area contributed by atoms with Gasteiger partial charge in [-0.1, -0.05) is 11.6 Å². The Morgan fingerprint density at radius 1 is 1.50 bits per heavy atom. The number of sulfonamides is 1. The molecule has 1 fully saturated rings. The highest BCUT2D eigenvalue weighted by Gasteiger charge is 2.32. The zero-order valence-corrected chi connectivity index (χ0v) is 11.4. The van der Waals surface area contributed by atoms with Gasteiger partial charge in [0.05, 0.1) is 5.02 Å². The van der Waals surface area contributed by atoms with E-state index >= 15 is 0 Å². The predicted octanol–water partition coefficient (Wildman–Crippen LogP) is 1.46. The number of halogens is 2. The van der Waals surface area contributed by atoms with Gasteiger partial charge in [-0.3, -0.25) is 0 Å². The molecule has 1 aliphatic rings. The summed E-state index contributed by atoms with van der Waals surface area (Å²) in [5, 5.41) is 3.14. The second kappa shape index (κ2) is 5.13. The Morgan fingerprint density at radius 2 is 2.22 bits per heavy atom. The molecule has 0 radical (unpaired) electrons. The van der Waals surface area contributed by atoms with Crippen LogP contribution in [0.5, 0.6) is 0 Å². The molecule has 0 amide bonds. The summed E-state index contributed by atoms with van der Waals surface area (Å²) in [6.45, 7) is 3.32. The van der Waals surface area contributed by atoms with E-state index in [4.69, 9.17) is 11.6 Å². The molecule has 1 aromatic rings. The second-order valence-corrected chi connectivity index (χ2v) is 6.51. The van der Waals surface area contributed by atoms with Crippen molar-refractivity contribution < 1.29 is 12.8 Å². The third-order valence-corrected chi connectivity index (χ3v) is 5.42. The van der Waals surface area contributed by atoms with E-state index in [0.717, 1.165) is 12.1 Å². The van der Waals surface area contributed by atoms with E-state index in [2.05, 4.69) is 5.32 Å². The van der Waals surface area contributed by atoms with Crippen molar-refractivity contribution in [2.45, 2.75) is 17.9 Å². The highest BCUT2D eigenvalue weighted by Crippen LogP contribution is 2.27. The largest absolute Gasteiger partial charge is 0.314 e. The van der Waals surface area contributed by atoms with Crippen LogP contribution in [0.3, 0.4) is 0 Å². The number of rotatable bonds is 2. The fourth-order valence-corrected chi connectivity index (χ4v) is 4.10. The van der Waals surface area contributed by atoms with E-state index in [1.807, 2.05) is 0 Å². The van der Waals surface area contributed by atoms with Crippen LogP contribution in [0, 0.1) is 5.82 Å². The molecule has 0 aliphatic carbocycles. The fourth-order valence-electron chi connectivity index (χ4n) is 1.98. The van der Waals surface area contributed by atoms with Crippen molar-refractivity contribution in [3.8, 4) is 0 Å². The van der Waals surface area contributed by atoms with Crippen LogP contribution in [-0.4, -0.2) is 38.4 Å². The van der Waals surface area contributed by atoms with Crippen molar-refractivity contribution in [1.29, 1.82) is 0 Å². The number of benzene rings is 1. The number of hydrogen-bond donors (Lipinski definition) is 1. The van der Waals surface area contributed by atoms with Gasteiger partial charge in [0.25, 0.3) is 0 Å². The van der Waals surface area contributed by atoms with Crippen LogP contribution in [0.15, 0.2) is 23.1 Å². The highest BCUT2D eigenvalue weighted by atomic mass is 35.5. The number of piperazine rings is 1. The lowest BCUT2D eigenvalue weighted by molar-refractivity contribution is 0.284. The van der Waals surface area contributed by atoms with Gasteiger partial charge in [0.1, 0.15) is 10.7 Å². The molecule has 7 heteroatoms. The van der Waals surface area contributed by atoms with Crippen molar-refractivity contribution in [2.75, 3.05) is 19.6 Å². The summed E-state index contributed by atoms with van der Waals surface area (Å²) in [5.74, 6) is -0.610. The van der Waals surface area contributed by atoms with Gasteiger partial charge in [-0.15, -0.1) is 0 Å². The summed E-state index contributed by atoms with van der Waals surface area (Å²) >= 11 is 5.86. The van der Waals surface area contributed by atoms with Crippen LogP contribution in [0.4, 0.5) is 4.39 Å². The molecule has 2 rings (SSSR count). The molecular weight excluding hydrogens is 279 g/mol. The first-order valence-electron chi connectivity index (χ1n) is 5.60. The van der Waals surface area contributed by atoms with Gasteiger partial charge >= 0.3 is 0 Å². The standard InChI is InChI=1S/C11H14ClFN2O2S/c1-8-7-14-4-5-15(8)18(16,17)11-6-9(13)2-3-10(11)12/h2-3,6,8,14H,4-5,7H2,1H3. The molecule has 4 nitrogen and oxygen atoms in total. The topological polar surface area (TPSA) is 49.4 Å². The smallest absolute Gasteiger partial charge is 0.244 e. The molecule has 18 heavy (non-hydrogen) atoms. The minimum Gasteiger partial charge on any atom is -0.314 e. The Hall–Kier alpha value is -0.690. The summed E-state index contributed by atoms with van der Waals surface area (Å²) in [6, 6.07) is 3.19. The molecule has 0 aromatic heterocycles. The Balaban J connectivity index is 2.44. The molecule has 1 aromatic carbocycles. The Labute approximate surface area is 111 Å². The van der Waals surface area contributed by atoms with Crippen molar-refractivity contribution in [2.24, 2.45) is 0 Å². The number of nitrogens with one attached hydrogen (secondary N) is 1. The molecule has 1 atom stereocenters. The molecule has 0 bridgehead atoms. The van der Waals surface area contributed by atoms with Crippen LogP contribution >= 0.6 is 11.6 Å². The first-order chi connectivity index (χ1) is 8.43. The van der Waals surface area contributed by atoms with Crippen LogP contribution in [0.2, 0.25) is 5.02 Å². The summed E-state index contributed by atoms with van der Waals surface area (Å²) in [4.78, 5) is -0.169. The van der Waals surface area contributed by atoms with Gasteiger partial charge in [-0.25, -0.2) is 12.8 Å². The van der Waals surface area contributed by atoms with E-state index < -0.39 is 15.8 Å². The van der Waals surface area contributed by atoms with E-state index in [1.165, 1.54) is 10.4 Å². The average Bonchev–Trinajstić information content (AvgIpc) is 2.32. The Bertz CT molecular complexity index is 550. The Morgan fingerprint density at radius 3 is 2.89 bits per heavy atom. The lowest BCUT2D eigenvalue weighted by Gasteiger charge is -2.33. The normalized spacial score (nSPS) is 22.1. The first-order valence-corrected chi connectivity index (χ1v) is 7.42. The molecule has 1 aliphatic heterocycles. The van der Waals surface area contributed by atoms with Crippen molar-refractivity contribution in [1.82, 2.24) is 9.62 Å². The summed E-state index contributed by atoms with van der Waals surface area (Å²) in [5.41, 5.74) is 0. The van der Waals surface area contributed by atoms with E-state index in [9.17, 15) is 12.8 Å². The first kappa shape index (κ1) is 13.7. The lowest BCUT2D eigenvalue weighted by atomic mass is 10.3. The summed E-state index contributed by atoms with van der Waals surface area (Å²) in [6.07, 6.45) is 0. The molecule has 1 unspecified atom stereocenters. The van der Waals surface area contributed by atoms with Gasteiger partial charge in [0.15, 0.2) is 0 Å². The van der Waals surface area contributed by atoms with Gasteiger partial charge in [-0.05, 0) is 25.1 Å². The SMILES string of the molecule is CC1CNCCN1S(=O)(=O)c1cc(F)ccc1Cl. The Kier molecular flexibility index (Phi) is 3.91. The third kappa shape index (κ3) is 2.51. The maximum atomic E-state index is 13.2. The summed E-state index contributed by atoms with van der Waals surface area (Å²) < 4.78 is 39.4. The minimum absolute atomic E-state index is 0.0436. The zero-order valence-electron chi connectivity index (χ0n) is 9.86. The monoisotopic (exact) mass is 292 g/mol. The van der Waals surface area contributed by atoms with Gasteiger partial charge in [0.2, 0.25) is 10.0 Å². The zero-order chi connectivity index (χ0) is 13.3. The fraction of sp³-hybridized carbons (Fsp3) is 0.455. The van der Waals surface area contributed by atoms with E-state index in [-0.39, 0.29) is 16.0 Å². The molecular formula is C11H14ClFN2O2S. The molecule has 1 N–H and O–H groups in total. The second-order valence-electron chi connectivity index (χ2n) is 4.24. The highest BCUT2D eigenvalue weighted by molar-refractivity contribution is 7.89. The van der Waals surface area contributed by atoms with E-state index in [0.29, 0.717) is 19.6 Å². The van der Waals surface area contributed by atoms with Gasteiger partial charge in [-0.2, -0.15) is 4.31 Å². The van der Waals surface area contributed by atoms with Crippen LogP contribution in [-0.2, 0) is 10.0 Å². The molecule has 100 valence electrons. The average molecular weight is 293 g/mol. The number of nitrogens with zero attached hydrogens (tertiary/aromatic N) is 1. The van der Waals surface area contributed by atoms with Crippen LogP contribution in [0.25, 0.3) is 0 Å². The third-order valence-electron chi connectivity index (χ3n) is 2.92. The van der Waals surface area contributed by atoms with Crippen LogP contribution < -0.4 is 5.32 Å². The summed E-state index contributed by atoms with van der Waals surface area (Å²) in [7, 11) is -3.74. The minimum atomic E-state index is -3.74. The lowest BCUT2D eigenvalue weighted by Crippen LogP contribution is -2.52. The molecule has 1 saturated heterocycles.